The van der Waals surface area contributed by atoms with Crippen LogP contribution in [0.2, 0.25) is 0 Å². The second-order valence-corrected chi connectivity index (χ2v) is 2.08. The van der Waals surface area contributed by atoms with Gasteiger partial charge < -0.3 is 16.5 Å². The topological polar surface area (TPSA) is 13.1 Å². The van der Waals surface area contributed by atoms with Gasteiger partial charge in [-0.1, -0.05) is 13.8 Å². The van der Waals surface area contributed by atoms with E-state index in [1.165, 1.54) is 0 Å². The van der Waals surface area contributed by atoms with Crippen LogP contribution >= 0.6 is 0 Å². The molecule has 0 amide bonds. The van der Waals surface area contributed by atoms with Gasteiger partial charge in [-0.15, -0.1) is 6.07 Å². The molecule has 0 aliphatic rings. The van der Waals surface area contributed by atoms with Gasteiger partial charge in [-0.3, -0.25) is 24.3 Å². The summed E-state index contributed by atoms with van der Waals surface area (Å²) < 4.78 is 4.72. The van der Waals surface area contributed by atoms with E-state index in [0.29, 0.717) is 0 Å². The molecule has 0 N–H and O–H groups in total. The standard InChI is InChI=1S/C6H4.C5H5O.C2H6.W.Y/c1-2-4-6-5-3-1;1-5-3-2-4-6-5;1-2;;/h1-2,5-6H;2-4H,1H2;1-2H3;;/q-2;-1;;;. The Kier molecular flexibility index (Phi) is 23.5. The van der Waals surface area contributed by atoms with E-state index in [0.717, 1.165) is 5.76 Å². The largest absolute Gasteiger partial charge is 0.504 e. The molecule has 0 aliphatic heterocycles. The molecule has 2 aromatic rings. The normalized spacial score (nSPS) is 6.62. The zero-order chi connectivity index (χ0) is 10.6. The van der Waals surface area contributed by atoms with Gasteiger partial charge in [0.25, 0.3) is 0 Å². The SMILES string of the molecule is CC.[CH2-]c1ccco1.[W].[Y].[c-]1cc[c-]cc1. The van der Waals surface area contributed by atoms with Crippen molar-refractivity contribution >= 4 is 0 Å². The van der Waals surface area contributed by atoms with Crippen molar-refractivity contribution in [2.24, 2.45) is 0 Å². The van der Waals surface area contributed by atoms with Gasteiger partial charge in [-0.2, -0.15) is 6.07 Å². The summed E-state index contributed by atoms with van der Waals surface area (Å²) >= 11 is 0. The van der Waals surface area contributed by atoms with Gasteiger partial charge in [0.2, 0.25) is 0 Å². The number of furan rings is 1. The van der Waals surface area contributed by atoms with E-state index < -0.39 is 0 Å². The molecule has 16 heavy (non-hydrogen) atoms. The van der Waals surface area contributed by atoms with Gasteiger partial charge in [-0.05, 0) is 5.76 Å². The Hall–Kier alpha value is 0.162. The summed E-state index contributed by atoms with van der Waals surface area (Å²) in [5.41, 5.74) is 0. The van der Waals surface area contributed by atoms with Gasteiger partial charge in [0.15, 0.2) is 0 Å². The fraction of sp³-hybridized carbons (Fsp3) is 0.154. The second-order valence-electron chi connectivity index (χ2n) is 2.08. The molecule has 1 radical (unpaired) electrons. The maximum atomic E-state index is 4.72. The van der Waals surface area contributed by atoms with Crippen LogP contribution in [0.15, 0.2) is 47.1 Å². The molecule has 3 heteroatoms. The average Bonchev–Trinajstić information content (AvgIpc) is 2.76. The minimum absolute atomic E-state index is 0. The molecule has 2 rings (SSSR count). The van der Waals surface area contributed by atoms with Crippen LogP contribution in [0, 0.1) is 19.1 Å². The predicted octanol–water partition coefficient (Wildman–Crippen LogP) is 3.77. The van der Waals surface area contributed by atoms with Crippen molar-refractivity contribution < 1.29 is 58.2 Å². The van der Waals surface area contributed by atoms with Crippen LogP contribution in [0.25, 0.3) is 0 Å². The maximum absolute atomic E-state index is 4.72. The summed E-state index contributed by atoms with van der Waals surface area (Å²) in [5, 5.41) is 0. The molecule has 1 aromatic carbocycles. The molecular formula is C13H15OWY-3. The van der Waals surface area contributed by atoms with Crippen LogP contribution in [0.5, 0.6) is 0 Å². The van der Waals surface area contributed by atoms with E-state index in [1.807, 2.05) is 44.2 Å². The van der Waals surface area contributed by atoms with Crippen LogP contribution < -0.4 is 0 Å². The molecule has 85 valence electrons. The molecule has 0 unspecified atom stereocenters. The summed E-state index contributed by atoms with van der Waals surface area (Å²) in [7, 11) is 0. The molecular weight excluding hydrogens is 445 g/mol. The predicted molar refractivity (Wildman–Crippen MR) is 58.6 cm³/mol. The monoisotopic (exact) mass is 460 g/mol. The summed E-state index contributed by atoms with van der Waals surface area (Å²) in [5.74, 6) is 0.718. The van der Waals surface area contributed by atoms with Crippen molar-refractivity contribution in [3.8, 4) is 0 Å². The molecule has 0 saturated heterocycles. The second kappa shape index (κ2) is 17.6. The van der Waals surface area contributed by atoms with E-state index in [1.54, 1.807) is 12.3 Å². The zero-order valence-corrected chi connectivity index (χ0v) is 15.4. The Morgan fingerprint density at radius 2 is 1.50 bits per heavy atom. The van der Waals surface area contributed by atoms with E-state index in [2.05, 4.69) is 19.1 Å². The fourth-order valence-corrected chi connectivity index (χ4v) is 0.616. The van der Waals surface area contributed by atoms with Crippen LogP contribution in [-0.4, -0.2) is 0 Å². The molecule has 0 aliphatic carbocycles. The first-order valence-electron chi connectivity index (χ1n) is 4.57. The van der Waals surface area contributed by atoms with Crippen molar-refractivity contribution in [1.82, 2.24) is 0 Å². The van der Waals surface area contributed by atoms with Gasteiger partial charge in [-0.25, -0.2) is 6.92 Å². The maximum Gasteiger partial charge on any atom is 0.0688 e. The number of benzene rings is 1. The Balaban J connectivity index is -0.000000165. The van der Waals surface area contributed by atoms with E-state index in [-0.39, 0.29) is 53.8 Å². The molecule has 1 aromatic heterocycles. The van der Waals surface area contributed by atoms with Crippen molar-refractivity contribution in [3.05, 3.63) is 67.5 Å². The van der Waals surface area contributed by atoms with Gasteiger partial charge in [0, 0.05) is 53.8 Å². The molecule has 0 bridgehead atoms. The average molecular weight is 460 g/mol. The first kappa shape index (κ1) is 21.4. The van der Waals surface area contributed by atoms with E-state index in [9.17, 15) is 0 Å². The molecule has 1 heterocycles. The van der Waals surface area contributed by atoms with E-state index >= 15 is 0 Å². The van der Waals surface area contributed by atoms with Crippen molar-refractivity contribution in [1.29, 1.82) is 0 Å². The quantitative estimate of drug-likeness (QED) is 0.547. The molecule has 1 nitrogen and oxygen atoms in total. The van der Waals surface area contributed by atoms with E-state index in [4.69, 9.17) is 4.42 Å². The molecule has 0 atom stereocenters. The number of rotatable bonds is 0. The third kappa shape index (κ3) is 14.2. The van der Waals surface area contributed by atoms with Gasteiger partial charge >= 0.3 is 0 Å². The van der Waals surface area contributed by atoms with Crippen molar-refractivity contribution in [3.63, 3.8) is 0 Å². The van der Waals surface area contributed by atoms with Crippen LogP contribution in [0.3, 0.4) is 0 Å². The Labute approximate surface area is 138 Å². The van der Waals surface area contributed by atoms with Crippen LogP contribution in [0.1, 0.15) is 19.6 Å². The Morgan fingerprint density at radius 1 is 1.06 bits per heavy atom. The van der Waals surface area contributed by atoms with Crippen molar-refractivity contribution in [2.45, 2.75) is 13.8 Å². The molecule has 0 saturated carbocycles. The van der Waals surface area contributed by atoms with Crippen LogP contribution in [0.4, 0.5) is 0 Å². The number of hydrogen-bond acceptors (Lipinski definition) is 1. The Morgan fingerprint density at radius 3 is 1.62 bits per heavy atom. The first-order valence-corrected chi connectivity index (χ1v) is 4.57. The minimum atomic E-state index is 0. The summed E-state index contributed by atoms with van der Waals surface area (Å²) in [6, 6.07) is 16.6. The summed E-state index contributed by atoms with van der Waals surface area (Å²) in [6.45, 7) is 7.51. The zero-order valence-electron chi connectivity index (χ0n) is 9.64. The third-order valence-corrected chi connectivity index (χ3v) is 1.13. The van der Waals surface area contributed by atoms with Gasteiger partial charge in [0.1, 0.15) is 0 Å². The fourth-order valence-electron chi connectivity index (χ4n) is 0.616. The summed E-state index contributed by atoms with van der Waals surface area (Å²) in [4.78, 5) is 0. The third-order valence-electron chi connectivity index (χ3n) is 1.13. The molecule has 0 spiro atoms. The molecule has 0 fully saturated rings. The Bertz CT molecular complexity index is 255. The minimum Gasteiger partial charge on any atom is -0.504 e. The summed E-state index contributed by atoms with van der Waals surface area (Å²) in [6.07, 6.45) is 1.60. The number of hydrogen-bond donors (Lipinski definition) is 0. The van der Waals surface area contributed by atoms with Gasteiger partial charge in [0.05, 0.1) is 6.26 Å². The van der Waals surface area contributed by atoms with Crippen LogP contribution in [-0.2, 0) is 53.8 Å². The van der Waals surface area contributed by atoms with Crippen molar-refractivity contribution in [2.75, 3.05) is 0 Å². The first-order chi connectivity index (χ1) is 6.89. The smallest absolute Gasteiger partial charge is 0.0688 e.